The van der Waals surface area contributed by atoms with E-state index in [0.717, 1.165) is 17.2 Å². The lowest BCUT2D eigenvalue weighted by Gasteiger charge is -2.20. The largest absolute Gasteiger partial charge is 0.472 e. The first-order valence-electron chi connectivity index (χ1n) is 7.70. The van der Waals surface area contributed by atoms with Crippen molar-refractivity contribution in [2.75, 3.05) is 5.32 Å². The number of ether oxygens (including phenoxy) is 1. The van der Waals surface area contributed by atoms with Crippen LogP contribution >= 0.6 is 0 Å². The van der Waals surface area contributed by atoms with Gasteiger partial charge in [0.1, 0.15) is 17.2 Å². The normalized spacial score (nSPS) is 14.7. The minimum atomic E-state index is -0.245. The third-order valence-electron chi connectivity index (χ3n) is 3.30. The molecule has 1 aliphatic rings. The Morgan fingerprint density at radius 3 is 2.68 bits per heavy atom. The van der Waals surface area contributed by atoms with Gasteiger partial charge in [-0.05, 0) is 51.3 Å². The van der Waals surface area contributed by atoms with Crippen LogP contribution in [0.4, 0.5) is 5.82 Å². The highest BCUT2D eigenvalue weighted by atomic mass is 16.5. The number of nitrogens with zero attached hydrogens (tertiary/aromatic N) is 3. The first-order valence-corrected chi connectivity index (χ1v) is 7.70. The molecular formula is C17H22N4O. The summed E-state index contributed by atoms with van der Waals surface area (Å²) in [6, 6.07) is 5.84. The number of pyridine rings is 1. The van der Waals surface area contributed by atoms with Crippen LogP contribution < -0.4 is 10.1 Å². The van der Waals surface area contributed by atoms with Crippen molar-refractivity contribution in [3.8, 4) is 5.88 Å². The van der Waals surface area contributed by atoms with Crippen LogP contribution in [0.5, 0.6) is 5.88 Å². The second kappa shape index (κ2) is 5.91. The molecule has 2 aromatic heterocycles. The lowest BCUT2D eigenvalue weighted by Crippen LogP contribution is -2.23. The van der Waals surface area contributed by atoms with Gasteiger partial charge in [-0.3, -0.25) is 0 Å². The SMILES string of the molecule is CC(C)(C)Oc1cc(CNc2ccnc(C3CC3)n2)ccn1. The number of aromatic nitrogens is 3. The molecule has 22 heavy (non-hydrogen) atoms. The van der Waals surface area contributed by atoms with Gasteiger partial charge in [0.05, 0.1) is 0 Å². The number of nitrogens with one attached hydrogen (secondary N) is 1. The van der Waals surface area contributed by atoms with Gasteiger partial charge in [0.2, 0.25) is 5.88 Å². The number of rotatable bonds is 5. The van der Waals surface area contributed by atoms with Gasteiger partial charge < -0.3 is 10.1 Å². The second-order valence-electron chi connectivity index (χ2n) is 6.64. The molecule has 0 bridgehead atoms. The van der Waals surface area contributed by atoms with Gasteiger partial charge in [-0.15, -0.1) is 0 Å². The lowest BCUT2D eigenvalue weighted by atomic mass is 10.2. The van der Waals surface area contributed by atoms with Crippen molar-refractivity contribution >= 4 is 5.82 Å². The first kappa shape index (κ1) is 14.8. The van der Waals surface area contributed by atoms with Crippen LogP contribution in [0.1, 0.15) is 50.9 Å². The molecule has 5 nitrogen and oxygen atoms in total. The second-order valence-corrected chi connectivity index (χ2v) is 6.64. The molecule has 0 aliphatic heterocycles. The monoisotopic (exact) mass is 298 g/mol. The van der Waals surface area contributed by atoms with Crippen LogP contribution in [0.3, 0.4) is 0 Å². The fourth-order valence-corrected chi connectivity index (χ4v) is 2.13. The Labute approximate surface area is 131 Å². The third kappa shape index (κ3) is 4.16. The topological polar surface area (TPSA) is 59.9 Å². The number of hydrogen-bond acceptors (Lipinski definition) is 5. The zero-order valence-electron chi connectivity index (χ0n) is 13.3. The summed E-state index contributed by atoms with van der Waals surface area (Å²) >= 11 is 0. The Morgan fingerprint density at radius 1 is 1.18 bits per heavy atom. The van der Waals surface area contributed by atoms with E-state index in [1.807, 2.05) is 45.2 Å². The van der Waals surface area contributed by atoms with Gasteiger partial charge in [0.25, 0.3) is 0 Å². The summed E-state index contributed by atoms with van der Waals surface area (Å²) in [4.78, 5) is 13.1. The van der Waals surface area contributed by atoms with Crippen LogP contribution in [-0.2, 0) is 6.54 Å². The molecule has 0 atom stereocenters. The molecule has 0 aromatic carbocycles. The van der Waals surface area contributed by atoms with E-state index in [1.165, 1.54) is 12.8 Å². The maximum Gasteiger partial charge on any atom is 0.214 e. The van der Waals surface area contributed by atoms with Crippen molar-refractivity contribution in [1.82, 2.24) is 15.0 Å². The molecular weight excluding hydrogens is 276 g/mol. The third-order valence-corrected chi connectivity index (χ3v) is 3.30. The molecule has 0 amide bonds. The van der Waals surface area contributed by atoms with Crippen molar-refractivity contribution in [3.05, 3.63) is 42.0 Å². The molecule has 2 aromatic rings. The Balaban J connectivity index is 1.63. The molecule has 3 rings (SSSR count). The van der Waals surface area contributed by atoms with Crippen molar-refractivity contribution in [1.29, 1.82) is 0 Å². The minimum absolute atomic E-state index is 0.245. The van der Waals surface area contributed by atoms with Gasteiger partial charge in [-0.1, -0.05) is 0 Å². The molecule has 0 saturated heterocycles. The van der Waals surface area contributed by atoms with E-state index in [4.69, 9.17) is 4.74 Å². The predicted molar refractivity (Wildman–Crippen MR) is 86.0 cm³/mol. The highest BCUT2D eigenvalue weighted by Gasteiger charge is 2.26. The fourth-order valence-electron chi connectivity index (χ4n) is 2.13. The summed E-state index contributed by atoms with van der Waals surface area (Å²) in [5, 5.41) is 3.34. The van der Waals surface area contributed by atoms with E-state index in [9.17, 15) is 0 Å². The smallest absolute Gasteiger partial charge is 0.214 e. The molecule has 1 N–H and O–H groups in total. The summed E-state index contributed by atoms with van der Waals surface area (Å²) in [6.45, 7) is 6.73. The predicted octanol–water partition coefficient (Wildman–Crippen LogP) is 3.54. The molecule has 1 aliphatic carbocycles. The quantitative estimate of drug-likeness (QED) is 0.915. The standard InChI is InChI=1S/C17H22N4O/c1-17(2,3)22-15-10-12(6-8-18-15)11-20-14-7-9-19-16(21-14)13-4-5-13/h6-10,13H,4-5,11H2,1-3H3,(H,19,20,21). The number of anilines is 1. The Morgan fingerprint density at radius 2 is 1.95 bits per heavy atom. The summed E-state index contributed by atoms with van der Waals surface area (Å²) in [5.74, 6) is 3.03. The van der Waals surface area contributed by atoms with E-state index in [-0.39, 0.29) is 5.60 Å². The van der Waals surface area contributed by atoms with E-state index >= 15 is 0 Å². The van der Waals surface area contributed by atoms with Crippen molar-refractivity contribution in [2.24, 2.45) is 0 Å². The summed E-state index contributed by atoms with van der Waals surface area (Å²) < 4.78 is 5.79. The van der Waals surface area contributed by atoms with Crippen molar-refractivity contribution < 1.29 is 4.74 Å². The average Bonchev–Trinajstić information content (AvgIpc) is 3.29. The van der Waals surface area contributed by atoms with Crippen molar-refractivity contribution in [3.63, 3.8) is 0 Å². The van der Waals surface area contributed by atoms with Crippen LogP contribution in [0.25, 0.3) is 0 Å². The average molecular weight is 298 g/mol. The van der Waals surface area contributed by atoms with E-state index < -0.39 is 0 Å². The van der Waals surface area contributed by atoms with Gasteiger partial charge >= 0.3 is 0 Å². The van der Waals surface area contributed by atoms with Crippen LogP contribution in [-0.4, -0.2) is 20.6 Å². The fraction of sp³-hybridized carbons (Fsp3) is 0.471. The highest BCUT2D eigenvalue weighted by molar-refractivity contribution is 5.36. The summed E-state index contributed by atoms with van der Waals surface area (Å²) in [5.41, 5.74) is 0.867. The lowest BCUT2D eigenvalue weighted by molar-refractivity contribution is 0.124. The summed E-state index contributed by atoms with van der Waals surface area (Å²) in [7, 11) is 0. The van der Waals surface area contributed by atoms with E-state index in [2.05, 4.69) is 20.3 Å². The Kier molecular flexibility index (Phi) is 3.96. The van der Waals surface area contributed by atoms with Gasteiger partial charge in [-0.25, -0.2) is 15.0 Å². The Hall–Kier alpha value is -2.17. The molecule has 5 heteroatoms. The van der Waals surface area contributed by atoms with Crippen LogP contribution in [0.2, 0.25) is 0 Å². The van der Waals surface area contributed by atoms with Crippen LogP contribution in [0.15, 0.2) is 30.6 Å². The maximum atomic E-state index is 5.79. The van der Waals surface area contributed by atoms with E-state index in [0.29, 0.717) is 18.3 Å². The molecule has 116 valence electrons. The molecule has 1 fully saturated rings. The number of hydrogen-bond donors (Lipinski definition) is 1. The van der Waals surface area contributed by atoms with Gasteiger partial charge in [0.15, 0.2) is 0 Å². The van der Waals surface area contributed by atoms with E-state index in [1.54, 1.807) is 6.20 Å². The minimum Gasteiger partial charge on any atom is -0.472 e. The first-order chi connectivity index (χ1) is 10.5. The summed E-state index contributed by atoms with van der Waals surface area (Å²) in [6.07, 6.45) is 6.01. The molecule has 0 radical (unpaired) electrons. The molecule has 0 unspecified atom stereocenters. The zero-order valence-corrected chi connectivity index (χ0v) is 13.3. The maximum absolute atomic E-state index is 5.79. The highest BCUT2D eigenvalue weighted by Crippen LogP contribution is 2.38. The Bertz CT molecular complexity index is 647. The molecule has 1 saturated carbocycles. The molecule has 0 spiro atoms. The van der Waals surface area contributed by atoms with Gasteiger partial charge in [0, 0.05) is 30.9 Å². The zero-order chi connectivity index (χ0) is 15.6. The van der Waals surface area contributed by atoms with Crippen LogP contribution in [0, 0.1) is 0 Å². The molecule has 2 heterocycles. The van der Waals surface area contributed by atoms with Gasteiger partial charge in [-0.2, -0.15) is 0 Å². The van der Waals surface area contributed by atoms with Crippen molar-refractivity contribution in [2.45, 2.75) is 51.7 Å².